The minimum Gasteiger partial charge on any atom is -0.298 e. The van der Waals surface area contributed by atoms with E-state index in [4.69, 9.17) is 0 Å². The molecule has 0 fully saturated rings. The molecule has 1 aromatic heterocycles. The molecule has 0 saturated heterocycles. The zero-order valence-electron chi connectivity index (χ0n) is 15.9. The second kappa shape index (κ2) is 9.17. The molecule has 3 rings (SSSR count). The van der Waals surface area contributed by atoms with E-state index in [1.807, 2.05) is 35.7 Å². The van der Waals surface area contributed by atoms with Gasteiger partial charge in [-0.05, 0) is 34.1 Å². The first-order valence-electron chi connectivity index (χ1n) is 8.98. The summed E-state index contributed by atoms with van der Waals surface area (Å²) in [5, 5.41) is 5.06. The number of rotatable bonds is 7. The van der Waals surface area contributed by atoms with Crippen LogP contribution in [-0.4, -0.2) is 36.7 Å². The van der Waals surface area contributed by atoms with Crippen LogP contribution in [0.25, 0.3) is 11.3 Å². The molecule has 6 nitrogen and oxygen atoms in total. The van der Waals surface area contributed by atoms with E-state index < -0.39 is 15.9 Å². The number of amides is 1. The largest absolute Gasteiger partial charge is 0.298 e. The SMILES string of the molecule is CCN(CC)S(=O)(=O)c1ccc(Br)c(C(=O)Nc2nc(-c3ccccc3)cs2)c1. The fraction of sp³-hybridized carbons (Fsp3) is 0.200. The van der Waals surface area contributed by atoms with Crippen molar-refractivity contribution in [3.63, 3.8) is 0 Å². The third-order valence-corrected chi connectivity index (χ3v) is 7.81. The third kappa shape index (κ3) is 4.75. The van der Waals surface area contributed by atoms with Crippen LogP contribution in [0.5, 0.6) is 0 Å². The lowest BCUT2D eigenvalue weighted by atomic mass is 10.2. The number of anilines is 1. The molecule has 152 valence electrons. The number of thiazole rings is 1. The van der Waals surface area contributed by atoms with Gasteiger partial charge in [-0.15, -0.1) is 11.3 Å². The average Bonchev–Trinajstić information content (AvgIpc) is 3.18. The Labute approximate surface area is 182 Å². The molecule has 9 heteroatoms. The normalized spacial score (nSPS) is 11.6. The first-order chi connectivity index (χ1) is 13.9. The smallest absolute Gasteiger partial charge is 0.258 e. The van der Waals surface area contributed by atoms with Gasteiger partial charge in [-0.2, -0.15) is 4.31 Å². The molecular weight excluding hydrogens is 474 g/mol. The summed E-state index contributed by atoms with van der Waals surface area (Å²) in [5.41, 5.74) is 1.95. The van der Waals surface area contributed by atoms with Gasteiger partial charge in [0.2, 0.25) is 10.0 Å². The van der Waals surface area contributed by atoms with Crippen LogP contribution in [0, 0.1) is 0 Å². The van der Waals surface area contributed by atoms with Crippen LogP contribution >= 0.6 is 27.3 Å². The summed E-state index contributed by atoms with van der Waals surface area (Å²) in [7, 11) is -3.66. The predicted molar refractivity (Wildman–Crippen MR) is 120 cm³/mol. The zero-order valence-corrected chi connectivity index (χ0v) is 19.1. The number of carbonyl (C=O) groups excluding carboxylic acids is 1. The molecule has 0 unspecified atom stereocenters. The summed E-state index contributed by atoms with van der Waals surface area (Å²) in [6.45, 7) is 4.27. The van der Waals surface area contributed by atoms with Gasteiger partial charge < -0.3 is 0 Å². The second-order valence-electron chi connectivity index (χ2n) is 6.09. The molecule has 0 atom stereocenters. The molecule has 0 saturated carbocycles. The monoisotopic (exact) mass is 493 g/mol. The summed E-state index contributed by atoms with van der Waals surface area (Å²) < 4.78 is 27.4. The molecule has 0 radical (unpaired) electrons. The van der Waals surface area contributed by atoms with E-state index in [0.29, 0.717) is 22.7 Å². The van der Waals surface area contributed by atoms with Gasteiger partial charge >= 0.3 is 0 Å². The van der Waals surface area contributed by atoms with E-state index in [0.717, 1.165) is 11.3 Å². The Morgan fingerprint density at radius 1 is 1.14 bits per heavy atom. The van der Waals surface area contributed by atoms with Crippen LogP contribution in [0.15, 0.2) is 63.3 Å². The number of sulfonamides is 1. The van der Waals surface area contributed by atoms with Gasteiger partial charge in [0, 0.05) is 28.5 Å². The Bertz CT molecular complexity index is 1110. The fourth-order valence-corrected chi connectivity index (χ4v) is 5.41. The molecule has 0 aliphatic rings. The van der Waals surface area contributed by atoms with E-state index in [1.165, 1.54) is 27.8 Å². The second-order valence-corrected chi connectivity index (χ2v) is 9.74. The van der Waals surface area contributed by atoms with Crippen molar-refractivity contribution >= 4 is 48.3 Å². The lowest BCUT2D eigenvalue weighted by Gasteiger charge is -2.19. The highest BCUT2D eigenvalue weighted by atomic mass is 79.9. The van der Waals surface area contributed by atoms with E-state index >= 15 is 0 Å². The summed E-state index contributed by atoms with van der Waals surface area (Å²) in [6.07, 6.45) is 0. The van der Waals surface area contributed by atoms with Crippen LogP contribution < -0.4 is 5.32 Å². The van der Waals surface area contributed by atoms with E-state index in [2.05, 4.69) is 26.2 Å². The van der Waals surface area contributed by atoms with Crippen molar-refractivity contribution in [2.24, 2.45) is 0 Å². The van der Waals surface area contributed by atoms with Gasteiger partial charge in [0.05, 0.1) is 16.2 Å². The summed E-state index contributed by atoms with van der Waals surface area (Å²) in [4.78, 5) is 17.3. The van der Waals surface area contributed by atoms with Crippen LogP contribution in [0.3, 0.4) is 0 Å². The maximum absolute atomic E-state index is 12.8. The molecule has 3 aromatic rings. The van der Waals surface area contributed by atoms with Gasteiger partial charge in [0.1, 0.15) is 0 Å². The van der Waals surface area contributed by atoms with E-state index in [9.17, 15) is 13.2 Å². The first-order valence-corrected chi connectivity index (χ1v) is 12.1. The first kappa shape index (κ1) is 21.6. The molecular formula is C20H20BrN3O3S2. The Hall–Kier alpha value is -2.07. The molecule has 2 aromatic carbocycles. The topological polar surface area (TPSA) is 79.4 Å². The van der Waals surface area contributed by atoms with Crippen LogP contribution in [0.4, 0.5) is 5.13 Å². The number of nitrogens with zero attached hydrogens (tertiary/aromatic N) is 2. The van der Waals surface area contributed by atoms with Gasteiger partial charge in [-0.3, -0.25) is 10.1 Å². The van der Waals surface area contributed by atoms with Crippen molar-refractivity contribution in [3.8, 4) is 11.3 Å². The van der Waals surface area contributed by atoms with Crippen molar-refractivity contribution < 1.29 is 13.2 Å². The zero-order chi connectivity index (χ0) is 21.0. The van der Waals surface area contributed by atoms with Gasteiger partial charge in [-0.25, -0.2) is 13.4 Å². The molecule has 0 spiro atoms. The van der Waals surface area contributed by atoms with Crippen molar-refractivity contribution in [2.45, 2.75) is 18.7 Å². The average molecular weight is 494 g/mol. The lowest BCUT2D eigenvalue weighted by Crippen LogP contribution is -2.30. The Balaban J connectivity index is 1.86. The van der Waals surface area contributed by atoms with E-state index in [-0.39, 0.29) is 10.5 Å². The quantitative estimate of drug-likeness (QED) is 0.509. The molecule has 0 bridgehead atoms. The van der Waals surface area contributed by atoms with Crippen molar-refractivity contribution in [1.29, 1.82) is 0 Å². The number of hydrogen-bond donors (Lipinski definition) is 1. The Morgan fingerprint density at radius 3 is 2.48 bits per heavy atom. The van der Waals surface area contributed by atoms with E-state index in [1.54, 1.807) is 19.9 Å². The standard InChI is InChI=1S/C20H20BrN3O3S2/c1-3-24(4-2)29(26,27)15-10-11-17(21)16(12-15)19(25)23-20-22-18(13-28-20)14-8-6-5-7-9-14/h5-13H,3-4H2,1-2H3,(H,22,23,25). The third-order valence-electron chi connectivity index (χ3n) is 4.32. The Morgan fingerprint density at radius 2 is 1.83 bits per heavy atom. The minimum absolute atomic E-state index is 0.0821. The maximum atomic E-state index is 12.8. The van der Waals surface area contributed by atoms with Gasteiger partial charge in [-0.1, -0.05) is 44.2 Å². The number of carbonyl (C=O) groups is 1. The number of halogens is 1. The molecule has 1 amide bonds. The number of nitrogens with one attached hydrogen (secondary N) is 1. The fourth-order valence-electron chi connectivity index (χ4n) is 2.79. The summed E-state index contributed by atoms with van der Waals surface area (Å²) in [5.74, 6) is -0.428. The summed E-state index contributed by atoms with van der Waals surface area (Å²) in [6, 6.07) is 14.1. The molecule has 1 N–H and O–H groups in total. The highest BCUT2D eigenvalue weighted by molar-refractivity contribution is 9.10. The maximum Gasteiger partial charge on any atom is 0.258 e. The number of aromatic nitrogens is 1. The highest BCUT2D eigenvalue weighted by Gasteiger charge is 2.24. The van der Waals surface area contributed by atoms with Crippen molar-refractivity contribution in [2.75, 3.05) is 18.4 Å². The predicted octanol–water partition coefficient (Wildman–Crippen LogP) is 4.86. The minimum atomic E-state index is -3.66. The molecule has 0 aliphatic heterocycles. The van der Waals surface area contributed by atoms with Crippen LogP contribution in [0.2, 0.25) is 0 Å². The van der Waals surface area contributed by atoms with Crippen LogP contribution in [0.1, 0.15) is 24.2 Å². The number of benzene rings is 2. The highest BCUT2D eigenvalue weighted by Crippen LogP contribution is 2.27. The van der Waals surface area contributed by atoms with Gasteiger partial charge in [0.15, 0.2) is 5.13 Å². The van der Waals surface area contributed by atoms with Gasteiger partial charge in [0.25, 0.3) is 5.91 Å². The molecule has 29 heavy (non-hydrogen) atoms. The lowest BCUT2D eigenvalue weighted by molar-refractivity contribution is 0.102. The van der Waals surface area contributed by atoms with Crippen molar-refractivity contribution in [1.82, 2.24) is 9.29 Å². The summed E-state index contributed by atoms with van der Waals surface area (Å²) >= 11 is 4.65. The Kier molecular flexibility index (Phi) is 6.84. The van der Waals surface area contributed by atoms with Crippen LogP contribution in [-0.2, 0) is 10.0 Å². The molecule has 0 aliphatic carbocycles. The van der Waals surface area contributed by atoms with Crippen molar-refractivity contribution in [3.05, 3.63) is 63.9 Å². The molecule has 1 heterocycles. The number of hydrogen-bond acceptors (Lipinski definition) is 5.